The van der Waals surface area contributed by atoms with Crippen molar-refractivity contribution in [2.45, 2.75) is 25.1 Å². The summed E-state index contributed by atoms with van der Waals surface area (Å²) in [6.45, 7) is 1.40. The van der Waals surface area contributed by atoms with Gasteiger partial charge in [-0.2, -0.15) is 13.2 Å². The topological polar surface area (TPSA) is 63.7 Å². The minimum Gasteiger partial charge on any atom is -0.469 e. The second kappa shape index (κ2) is 7.85. The SMILES string of the molecule is CNC(=O)c1csc2c(C(F)(F)F)cc(OC3(C)CN(CCOC(F)(F)F)C3)nc12. The molecule has 6 nitrogen and oxygen atoms in total. The summed E-state index contributed by atoms with van der Waals surface area (Å²) in [6.07, 6.45) is -9.41. The first kappa shape index (κ1) is 22.6. The number of nitrogens with one attached hydrogen (secondary N) is 1. The number of pyridine rings is 1. The van der Waals surface area contributed by atoms with E-state index in [-0.39, 0.29) is 41.3 Å². The molecule has 2 aromatic heterocycles. The van der Waals surface area contributed by atoms with Gasteiger partial charge in [0.05, 0.1) is 28.0 Å². The lowest BCUT2D eigenvalue weighted by Gasteiger charge is -2.47. The van der Waals surface area contributed by atoms with Crippen LogP contribution in [-0.2, 0) is 10.9 Å². The van der Waals surface area contributed by atoms with E-state index in [0.29, 0.717) is 0 Å². The molecule has 0 aliphatic carbocycles. The molecule has 0 bridgehead atoms. The number of amides is 1. The van der Waals surface area contributed by atoms with Crippen molar-refractivity contribution < 1.29 is 40.6 Å². The van der Waals surface area contributed by atoms with E-state index in [1.54, 1.807) is 11.8 Å². The number of thiophene rings is 1. The minimum absolute atomic E-state index is 0.00172. The zero-order chi connectivity index (χ0) is 22.3. The normalized spacial score (nSPS) is 17.1. The van der Waals surface area contributed by atoms with Crippen molar-refractivity contribution in [3.63, 3.8) is 0 Å². The van der Waals surface area contributed by atoms with Crippen LogP contribution in [0.1, 0.15) is 22.8 Å². The number of halogens is 6. The molecular weight excluding hydrogens is 440 g/mol. The lowest BCUT2D eigenvalue weighted by Crippen LogP contribution is -2.63. The molecule has 166 valence electrons. The van der Waals surface area contributed by atoms with Crippen LogP contribution < -0.4 is 10.1 Å². The van der Waals surface area contributed by atoms with Gasteiger partial charge in [-0.05, 0) is 6.92 Å². The van der Waals surface area contributed by atoms with Gasteiger partial charge >= 0.3 is 12.5 Å². The fourth-order valence-corrected chi connectivity index (χ4v) is 4.23. The van der Waals surface area contributed by atoms with E-state index in [0.717, 1.165) is 17.4 Å². The standard InChI is InChI=1S/C17H17F6N3O3S/c1-15(7-26(8-15)3-4-28-17(21,22)23)29-11-5-10(16(18,19)20)13-12(25-11)9(6-30-13)14(27)24-2/h5-6H,3-4,7-8H2,1-2H3,(H,24,27). The van der Waals surface area contributed by atoms with Crippen LogP contribution in [-0.4, -0.2) is 61.0 Å². The van der Waals surface area contributed by atoms with Gasteiger partial charge in [0.2, 0.25) is 5.88 Å². The molecule has 0 saturated carbocycles. The maximum Gasteiger partial charge on any atom is 0.522 e. The van der Waals surface area contributed by atoms with Gasteiger partial charge in [0.25, 0.3) is 5.91 Å². The number of alkyl halides is 6. The number of likely N-dealkylation sites (tertiary alicyclic amines) is 1. The largest absolute Gasteiger partial charge is 0.522 e. The number of hydrogen-bond donors (Lipinski definition) is 1. The van der Waals surface area contributed by atoms with Gasteiger partial charge in [0, 0.05) is 38.1 Å². The van der Waals surface area contributed by atoms with Gasteiger partial charge in [0.1, 0.15) is 5.60 Å². The minimum atomic E-state index is -4.72. The molecule has 3 rings (SSSR count). The lowest BCUT2D eigenvalue weighted by molar-refractivity contribution is -0.326. The second-order valence-electron chi connectivity index (χ2n) is 6.97. The average Bonchev–Trinajstić information content (AvgIpc) is 3.00. The fraction of sp³-hybridized carbons (Fsp3) is 0.529. The summed E-state index contributed by atoms with van der Waals surface area (Å²) in [7, 11) is 1.35. The maximum atomic E-state index is 13.5. The number of fused-ring (bicyclic) bond motifs is 1. The molecule has 30 heavy (non-hydrogen) atoms. The molecule has 1 amide bonds. The highest BCUT2D eigenvalue weighted by Crippen LogP contribution is 2.41. The van der Waals surface area contributed by atoms with Crippen LogP contribution in [0.3, 0.4) is 0 Å². The summed E-state index contributed by atoms with van der Waals surface area (Å²) in [6, 6.07) is 0.771. The van der Waals surface area contributed by atoms with Gasteiger partial charge in [-0.1, -0.05) is 0 Å². The lowest BCUT2D eigenvalue weighted by atomic mass is 9.96. The first-order valence-electron chi connectivity index (χ1n) is 8.65. The molecular formula is C17H17F6N3O3S. The molecule has 0 unspecified atom stereocenters. The molecule has 1 saturated heterocycles. The number of carbonyl (C=O) groups is 1. The Hall–Kier alpha value is -2.12. The van der Waals surface area contributed by atoms with E-state index in [1.165, 1.54) is 12.4 Å². The molecule has 0 aromatic carbocycles. The van der Waals surface area contributed by atoms with Gasteiger partial charge < -0.3 is 10.1 Å². The smallest absolute Gasteiger partial charge is 0.469 e. The summed E-state index contributed by atoms with van der Waals surface area (Å²) in [4.78, 5) is 17.7. The molecule has 2 aromatic rings. The third kappa shape index (κ3) is 4.95. The summed E-state index contributed by atoms with van der Waals surface area (Å²) < 4.78 is 85.8. The Labute approximate surface area is 170 Å². The number of aromatic nitrogens is 1. The van der Waals surface area contributed by atoms with Crippen LogP contribution in [0.25, 0.3) is 10.2 Å². The van der Waals surface area contributed by atoms with Crippen LogP contribution in [0.2, 0.25) is 0 Å². The second-order valence-corrected chi connectivity index (χ2v) is 7.85. The predicted octanol–water partition coefficient (Wildman–Crippen LogP) is 3.66. The highest BCUT2D eigenvalue weighted by atomic mass is 32.1. The zero-order valence-corrected chi connectivity index (χ0v) is 16.6. The van der Waals surface area contributed by atoms with Gasteiger partial charge in [-0.3, -0.25) is 14.4 Å². The van der Waals surface area contributed by atoms with Crippen molar-refractivity contribution >= 4 is 27.5 Å². The van der Waals surface area contributed by atoms with Crippen molar-refractivity contribution in [2.24, 2.45) is 0 Å². The zero-order valence-electron chi connectivity index (χ0n) is 15.8. The van der Waals surface area contributed by atoms with E-state index < -0.39 is 36.2 Å². The van der Waals surface area contributed by atoms with Crippen molar-refractivity contribution in [1.82, 2.24) is 15.2 Å². The first-order valence-corrected chi connectivity index (χ1v) is 9.53. The highest BCUT2D eigenvalue weighted by molar-refractivity contribution is 7.17. The third-order valence-electron chi connectivity index (χ3n) is 4.42. The van der Waals surface area contributed by atoms with Crippen molar-refractivity contribution in [3.05, 3.63) is 22.6 Å². The molecule has 1 aliphatic rings. The summed E-state index contributed by atoms with van der Waals surface area (Å²) in [5, 5.41) is 3.65. The molecule has 0 atom stereocenters. The quantitative estimate of drug-likeness (QED) is 0.671. The number of ether oxygens (including phenoxy) is 2. The summed E-state index contributed by atoms with van der Waals surface area (Å²) >= 11 is 0.756. The Morgan fingerprint density at radius 2 is 1.97 bits per heavy atom. The Kier molecular flexibility index (Phi) is 5.91. The molecule has 0 spiro atoms. The van der Waals surface area contributed by atoms with Crippen LogP contribution >= 0.6 is 11.3 Å². The molecule has 0 radical (unpaired) electrons. The molecule has 1 fully saturated rings. The highest BCUT2D eigenvalue weighted by Gasteiger charge is 2.43. The van der Waals surface area contributed by atoms with E-state index >= 15 is 0 Å². The number of carbonyl (C=O) groups excluding carboxylic acids is 1. The molecule has 13 heteroatoms. The van der Waals surface area contributed by atoms with Crippen LogP contribution in [0.4, 0.5) is 26.3 Å². The first-order chi connectivity index (χ1) is 13.8. The van der Waals surface area contributed by atoms with Gasteiger partial charge in [-0.15, -0.1) is 24.5 Å². The summed E-state index contributed by atoms with van der Waals surface area (Å²) in [5.74, 6) is -0.892. The molecule has 1 N–H and O–H groups in total. The van der Waals surface area contributed by atoms with E-state index in [2.05, 4.69) is 15.0 Å². The van der Waals surface area contributed by atoms with E-state index in [9.17, 15) is 31.1 Å². The van der Waals surface area contributed by atoms with Crippen LogP contribution in [0, 0.1) is 0 Å². The van der Waals surface area contributed by atoms with Crippen LogP contribution in [0.15, 0.2) is 11.4 Å². The predicted molar refractivity (Wildman–Crippen MR) is 95.5 cm³/mol. The van der Waals surface area contributed by atoms with Crippen molar-refractivity contribution in [3.8, 4) is 5.88 Å². The third-order valence-corrected chi connectivity index (χ3v) is 5.42. The van der Waals surface area contributed by atoms with Crippen LogP contribution in [0.5, 0.6) is 5.88 Å². The Morgan fingerprint density at radius 3 is 2.53 bits per heavy atom. The van der Waals surface area contributed by atoms with E-state index in [4.69, 9.17) is 4.74 Å². The fourth-order valence-electron chi connectivity index (χ4n) is 3.21. The van der Waals surface area contributed by atoms with Gasteiger partial charge in [-0.25, -0.2) is 4.98 Å². The number of nitrogens with zero attached hydrogens (tertiary/aromatic N) is 2. The molecule has 3 heterocycles. The number of hydrogen-bond acceptors (Lipinski definition) is 6. The Bertz CT molecular complexity index is 937. The number of rotatable bonds is 6. The Morgan fingerprint density at radius 1 is 1.30 bits per heavy atom. The average molecular weight is 457 g/mol. The van der Waals surface area contributed by atoms with Crippen molar-refractivity contribution in [2.75, 3.05) is 33.3 Å². The molecule has 1 aliphatic heterocycles. The maximum absolute atomic E-state index is 13.5. The summed E-state index contributed by atoms with van der Waals surface area (Å²) in [5.41, 5.74) is -2.04. The van der Waals surface area contributed by atoms with Crippen molar-refractivity contribution in [1.29, 1.82) is 0 Å². The van der Waals surface area contributed by atoms with Gasteiger partial charge in [0.15, 0.2) is 0 Å². The monoisotopic (exact) mass is 457 g/mol. The van der Waals surface area contributed by atoms with E-state index in [1.807, 2.05) is 0 Å². The Balaban J connectivity index is 1.79.